The van der Waals surface area contributed by atoms with Crippen molar-refractivity contribution in [1.82, 2.24) is 4.98 Å². The molecule has 6 nitrogen and oxygen atoms in total. The van der Waals surface area contributed by atoms with Crippen molar-refractivity contribution >= 4 is 28.9 Å². The fourth-order valence-electron chi connectivity index (χ4n) is 1.99. The monoisotopic (exact) mass is 348 g/mol. The fourth-order valence-corrected chi connectivity index (χ4v) is 2.90. The van der Waals surface area contributed by atoms with Gasteiger partial charge in [-0.05, 0) is 43.5 Å². The molecule has 0 unspecified atom stereocenters. The van der Waals surface area contributed by atoms with Crippen molar-refractivity contribution in [3.63, 3.8) is 0 Å². The van der Waals surface area contributed by atoms with Gasteiger partial charge in [0, 0.05) is 12.1 Å². The molecule has 0 saturated heterocycles. The van der Waals surface area contributed by atoms with Gasteiger partial charge in [0.2, 0.25) is 0 Å². The molecule has 128 valence electrons. The molecular weight excluding hydrogens is 328 g/mol. The van der Waals surface area contributed by atoms with Crippen LogP contribution in [0.15, 0.2) is 30.5 Å². The largest absolute Gasteiger partial charge is 0.494 e. The summed E-state index contributed by atoms with van der Waals surface area (Å²) in [4.78, 5) is 27.4. The minimum atomic E-state index is -0.832. The van der Waals surface area contributed by atoms with Gasteiger partial charge in [0.05, 0.1) is 17.8 Å². The van der Waals surface area contributed by atoms with Gasteiger partial charge in [0.25, 0.3) is 5.91 Å². The van der Waals surface area contributed by atoms with E-state index in [2.05, 4.69) is 17.2 Å². The standard InChI is InChI=1S/C17H20N2O4S/c1-2-4-15-18-11-14(24-15)17(22)19-12-6-8-13(9-7-12)23-10-3-5-16(20)21/h6-9,11H,2-5,10H2,1H3,(H,19,22)(H,20,21). The summed E-state index contributed by atoms with van der Waals surface area (Å²) in [6.45, 7) is 2.42. The highest BCUT2D eigenvalue weighted by Gasteiger charge is 2.10. The first kappa shape index (κ1) is 17.9. The van der Waals surface area contributed by atoms with Crippen molar-refractivity contribution in [2.75, 3.05) is 11.9 Å². The van der Waals surface area contributed by atoms with Gasteiger partial charge < -0.3 is 15.2 Å². The predicted octanol–water partition coefficient (Wildman–Crippen LogP) is 3.59. The van der Waals surface area contributed by atoms with E-state index in [9.17, 15) is 9.59 Å². The number of carbonyl (C=O) groups excluding carboxylic acids is 1. The minimum Gasteiger partial charge on any atom is -0.494 e. The first-order valence-corrected chi connectivity index (χ1v) is 8.61. The maximum Gasteiger partial charge on any atom is 0.303 e. The van der Waals surface area contributed by atoms with Crippen molar-refractivity contribution in [1.29, 1.82) is 0 Å². The SMILES string of the molecule is CCCc1ncc(C(=O)Nc2ccc(OCCCC(=O)O)cc2)s1. The molecule has 0 aliphatic carbocycles. The Morgan fingerprint density at radius 2 is 2.04 bits per heavy atom. The molecule has 1 heterocycles. The number of aryl methyl sites for hydroxylation is 1. The van der Waals surface area contributed by atoms with Crippen LogP contribution < -0.4 is 10.1 Å². The summed E-state index contributed by atoms with van der Waals surface area (Å²) < 4.78 is 5.45. The van der Waals surface area contributed by atoms with Gasteiger partial charge in [0.1, 0.15) is 10.6 Å². The van der Waals surface area contributed by atoms with Gasteiger partial charge >= 0.3 is 5.97 Å². The first-order chi connectivity index (χ1) is 11.6. The molecule has 0 radical (unpaired) electrons. The molecule has 2 rings (SSSR count). The van der Waals surface area contributed by atoms with Crippen LogP contribution in [-0.2, 0) is 11.2 Å². The number of aliphatic carboxylic acids is 1. The van der Waals surface area contributed by atoms with E-state index in [0.717, 1.165) is 17.8 Å². The number of carboxylic acids is 1. The van der Waals surface area contributed by atoms with Crippen LogP contribution in [0.4, 0.5) is 5.69 Å². The van der Waals surface area contributed by atoms with Crippen LogP contribution in [0.3, 0.4) is 0 Å². The van der Waals surface area contributed by atoms with Crippen LogP contribution >= 0.6 is 11.3 Å². The zero-order chi connectivity index (χ0) is 17.4. The van der Waals surface area contributed by atoms with Gasteiger partial charge in [-0.3, -0.25) is 9.59 Å². The van der Waals surface area contributed by atoms with Crippen molar-refractivity contribution in [3.8, 4) is 5.75 Å². The van der Waals surface area contributed by atoms with E-state index in [1.54, 1.807) is 30.5 Å². The number of nitrogens with one attached hydrogen (secondary N) is 1. The zero-order valence-electron chi connectivity index (χ0n) is 13.4. The van der Waals surface area contributed by atoms with Crippen LogP contribution in [-0.4, -0.2) is 28.6 Å². The highest BCUT2D eigenvalue weighted by atomic mass is 32.1. The minimum absolute atomic E-state index is 0.0863. The van der Waals surface area contributed by atoms with Crippen molar-refractivity contribution in [3.05, 3.63) is 40.3 Å². The molecule has 0 fully saturated rings. The number of hydrogen-bond donors (Lipinski definition) is 2. The third-order valence-electron chi connectivity index (χ3n) is 3.16. The number of amides is 1. The Morgan fingerprint density at radius 1 is 1.29 bits per heavy atom. The van der Waals surface area contributed by atoms with Gasteiger partial charge in [-0.2, -0.15) is 0 Å². The van der Waals surface area contributed by atoms with E-state index in [1.807, 2.05) is 0 Å². The molecule has 0 bridgehead atoms. The molecule has 1 aromatic carbocycles. The lowest BCUT2D eigenvalue weighted by atomic mass is 10.3. The Balaban J connectivity index is 1.84. The average Bonchev–Trinajstić information content (AvgIpc) is 3.02. The summed E-state index contributed by atoms with van der Waals surface area (Å²) in [5.41, 5.74) is 0.670. The van der Waals surface area contributed by atoms with E-state index >= 15 is 0 Å². The molecule has 2 aromatic rings. The summed E-state index contributed by atoms with van der Waals surface area (Å²) in [7, 11) is 0. The van der Waals surface area contributed by atoms with Gasteiger partial charge in [0.15, 0.2) is 0 Å². The van der Waals surface area contributed by atoms with Crippen LogP contribution in [0.1, 0.15) is 40.9 Å². The van der Waals surface area contributed by atoms with Gasteiger partial charge in [-0.15, -0.1) is 11.3 Å². The molecule has 1 amide bonds. The van der Waals surface area contributed by atoms with Crippen LogP contribution in [0.2, 0.25) is 0 Å². The third-order valence-corrected chi connectivity index (χ3v) is 4.21. The Labute approximate surface area is 144 Å². The van der Waals surface area contributed by atoms with Crippen molar-refractivity contribution < 1.29 is 19.4 Å². The second-order valence-electron chi connectivity index (χ2n) is 5.19. The number of anilines is 1. The summed E-state index contributed by atoms with van der Waals surface area (Å²) in [6, 6.07) is 6.98. The molecule has 0 aliphatic rings. The smallest absolute Gasteiger partial charge is 0.303 e. The topological polar surface area (TPSA) is 88.5 Å². The molecule has 0 saturated carbocycles. The van der Waals surface area contributed by atoms with E-state index in [0.29, 0.717) is 29.3 Å². The molecule has 7 heteroatoms. The molecule has 2 N–H and O–H groups in total. The summed E-state index contributed by atoms with van der Waals surface area (Å²) in [5.74, 6) is -0.367. The highest BCUT2D eigenvalue weighted by molar-refractivity contribution is 7.13. The Bertz CT molecular complexity index is 682. The number of hydrogen-bond acceptors (Lipinski definition) is 5. The summed E-state index contributed by atoms with van der Waals surface area (Å²) >= 11 is 1.41. The quantitative estimate of drug-likeness (QED) is 0.676. The number of ether oxygens (including phenoxy) is 1. The maximum atomic E-state index is 12.2. The average molecular weight is 348 g/mol. The second kappa shape index (κ2) is 9.02. The summed E-state index contributed by atoms with van der Waals surface area (Å²) in [5, 5.41) is 12.3. The normalized spacial score (nSPS) is 10.4. The number of rotatable bonds is 9. The number of carbonyl (C=O) groups is 2. The zero-order valence-corrected chi connectivity index (χ0v) is 14.3. The molecule has 1 aromatic heterocycles. The lowest BCUT2D eigenvalue weighted by Crippen LogP contribution is -2.10. The van der Waals surface area contributed by atoms with Gasteiger partial charge in [-0.25, -0.2) is 4.98 Å². The highest BCUT2D eigenvalue weighted by Crippen LogP contribution is 2.19. The number of thiazole rings is 1. The van der Waals surface area contributed by atoms with E-state index < -0.39 is 5.97 Å². The van der Waals surface area contributed by atoms with Crippen LogP contribution in [0.5, 0.6) is 5.75 Å². The molecule has 24 heavy (non-hydrogen) atoms. The Kier molecular flexibility index (Phi) is 6.74. The van der Waals surface area contributed by atoms with E-state index in [4.69, 9.17) is 9.84 Å². The van der Waals surface area contributed by atoms with Gasteiger partial charge in [-0.1, -0.05) is 6.92 Å². The Hall–Kier alpha value is -2.41. The fraction of sp³-hybridized carbons (Fsp3) is 0.353. The molecule has 0 atom stereocenters. The van der Waals surface area contributed by atoms with Crippen LogP contribution in [0, 0.1) is 0 Å². The predicted molar refractivity (Wildman–Crippen MR) is 92.9 cm³/mol. The first-order valence-electron chi connectivity index (χ1n) is 7.79. The summed E-state index contributed by atoms with van der Waals surface area (Å²) in [6.07, 6.45) is 4.03. The second-order valence-corrected chi connectivity index (χ2v) is 6.31. The maximum absolute atomic E-state index is 12.2. The van der Waals surface area contributed by atoms with Crippen molar-refractivity contribution in [2.24, 2.45) is 0 Å². The lowest BCUT2D eigenvalue weighted by molar-refractivity contribution is -0.137. The van der Waals surface area contributed by atoms with E-state index in [-0.39, 0.29) is 12.3 Å². The number of aromatic nitrogens is 1. The number of carboxylic acid groups (broad SMARTS) is 1. The molecule has 0 aliphatic heterocycles. The molecule has 0 spiro atoms. The van der Waals surface area contributed by atoms with Crippen LogP contribution in [0.25, 0.3) is 0 Å². The third kappa shape index (κ3) is 5.66. The Morgan fingerprint density at radius 3 is 2.71 bits per heavy atom. The lowest BCUT2D eigenvalue weighted by Gasteiger charge is -2.07. The van der Waals surface area contributed by atoms with Crippen molar-refractivity contribution in [2.45, 2.75) is 32.6 Å². The number of benzene rings is 1. The molecular formula is C17H20N2O4S. The van der Waals surface area contributed by atoms with E-state index in [1.165, 1.54) is 11.3 Å². The number of nitrogens with zero attached hydrogens (tertiary/aromatic N) is 1.